The average Bonchev–Trinajstić information content (AvgIpc) is 2.53. The minimum Gasteiger partial charge on any atom is -0.326 e. The highest BCUT2D eigenvalue weighted by Crippen LogP contribution is 2.18. The van der Waals surface area contributed by atoms with Crippen LogP contribution in [0, 0.1) is 5.92 Å². The van der Waals surface area contributed by atoms with Crippen molar-refractivity contribution in [2.45, 2.75) is 65.6 Å². The molecular weight excluding hydrogens is 200 g/mol. The number of carbonyl (C=O) groups excluding carboxylic acids is 1. The number of hydrogen-bond donors (Lipinski definition) is 1. The third kappa shape index (κ3) is 3.21. The van der Waals surface area contributed by atoms with E-state index >= 15 is 0 Å². The van der Waals surface area contributed by atoms with Crippen LogP contribution in [0.5, 0.6) is 0 Å². The van der Waals surface area contributed by atoms with Crippen molar-refractivity contribution in [2.24, 2.45) is 5.92 Å². The van der Waals surface area contributed by atoms with E-state index in [0.717, 1.165) is 32.2 Å². The summed E-state index contributed by atoms with van der Waals surface area (Å²) in [6.45, 7) is 9.52. The van der Waals surface area contributed by atoms with Crippen molar-refractivity contribution in [1.29, 1.82) is 0 Å². The minimum absolute atomic E-state index is 0.0728. The molecule has 1 aliphatic rings. The molecule has 3 heteroatoms. The monoisotopic (exact) mass is 226 g/mol. The number of hydrogen-bond acceptors (Lipinski definition) is 2. The van der Waals surface area contributed by atoms with Crippen LogP contribution >= 0.6 is 0 Å². The van der Waals surface area contributed by atoms with E-state index in [9.17, 15) is 4.79 Å². The van der Waals surface area contributed by atoms with Gasteiger partial charge in [-0.2, -0.15) is 0 Å². The van der Waals surface area contributed by atoms with Crippen molar-refractivity contribution in [3.05, 3.63) is 0 Å². The van der Waals surface area contributed by atoms with Crippen LogP contribution in [0.1, 0.15) is 53.4 Å². The lowest BCUT2D eigenvalue weighted by atomic mass is 10.1. The molecule has 1 saturated heterocycles. The highest BCUT2D eigenvalue weighted by molar-refractivity contribution is 5.84. The van der Waals surface area contributed by atoms with Crippen molar-refractivity contribution >= 4 is 5.91 Å². The molecule has 0 saturated carbocycles. The summed E-state index contributed by atoms with van der Waals surface area (Å²) in [5.41, 5.74) is 0. The lowest BCUT2D eigenvalue weighted by molar-refractivity contribution is -0.130. The highest BCUT2D eigenvalue weighted by atomic mass is 16.2. The molecule has 2 atom stereocenters. The maximum atomic E-state index is 12.2. The standard InChI is InChI=1S/C13H26N2O/c1-5-7-8-11-13(16)15(9-10(3)4)12(6-2)14-11/h10-12,14H,5-9H2,1-4H3. The third-order valence-electron chi connectivity index (χ3n) is 3.15. The predicted molar refractivity (Wildman–Crippen MR) is 67.1 cm³/mol. The summed E-state index contributed by atoms with van der Waals surface area (Å²) in [7, 11) is 0. The number of nitrogens with zero attached hydrogens (tertiary/aromatic N) is 1. The molecule has 2 unspecified atom stereocenters. The molecule has 0 aromatic carbocycles. The Balaban J connectivity index is 2.58. The van der Waals surface area contributed by atoms with Gasteiger partial charge < -0.3 is 4.90 Å². The van der Waals surface area contributed by atoms with Crippen LogP contribution < -0.4 is 5.32 Å². The van der Waals surface area contributed by atoms with Gasteiger partial charge in [0.2, 0.25) is 5.91 Å². The predicted octanol–water partition coefficient (Wildman–Crippen LogP) is 2.37. The van der Waals surface area contributed by atoms with Crippen LogP contribution in [0.2, 0.25) is 0 Å². The van der Waals surface area contributed by atoms with E-state index in [1.807, 2.05) is 4.90 Å². The smallest absolute Gasteiger partial charge is 0.241 e. The first kappa shape index (κ1) is 13.5. The summed E-state index contributed by atoms with van der Waals surface area (Å²) in [5.74, 6) is 0.860. The first-order valence-electron chi connectivity index (χ1n) is 6.66. The molecule has 0 bridgehead atoms. The maximum Gasteiger partial charge on any atom is 0.241 e. The summed E-state index contributed by atoms with van der Waals surface area (Å²) in [6, 6.07) is 0.0728. The first-order valence-corrected chi connectivity index (χ1v) is 6.66. The van der Waals surface area contributed by atoms with Crippen LogP contribution in [-0.4, -0.2) is 29.6 Å². The molecule has 1 fully saturated rings. The van der Waals surface area contributed by atoms with E-state index in [1.54, 1.807) is 0 Å². The Morgan fingerprint density at radius 3 is 2.56 bits per heavy atom. The Bertz CT molecular complexity index is 228. The molecule has 3 nitrogen and oxygen atoms in total. The molecule has 0 radical (unpaired) electrons. The summed E-state index contributed by atoms with van der Waals surface area (Å²) in [6.07, 6.45) is 4.54. The van der Waals surface area contributed by atoms with E-state index < -0.39 is 0 Å². The number of amides is 1. The fourth-order valence-corrected chi connectivity index (χ4v) is 2.31. The lowest BCUT2D eigenvalue weighted by Gasteiger charge is -2.24. The largest absolute Gasteiger partial charge is 0.326 e. The first-order chi connectivity index (χ1) is 7.60. The second kappa shape index (κ2) is 6.24. The van der Waals surface area contributed by atoms with Gasteiger partial charge in [0.1, 0.15) is 0 Å². The van der Waals surface area contributed by atoms with Gasteiger partial charge in [-0.05, 0) is 18.8 Å². The summed E-state index contributed by atoms with van der Waals surface area (Å²) < 4.78 is 0. The van der Waals surface area contributed by atoms with E-state index in [0.29, 0.717) is 11.8 Å². The van der Waals surface area contributed by atoms with E-state index in [-0.39, 0.29) is 12.2 Å². The van der Waals surface area contributed by atoms with Gasteiger partial charge in [0.15, 0.2) is 0 Å². The van der Waals surface area contributed by atoms with Gasteiger partial charge in [-0.3, -0.25) is 10.1 Å². The highest BCUT2D eigenvalue weighted by Gasteiger charge is 2.37. The van der Waals surface area contributed by atoms with E-state index in [2.05, 4.69) is 33.0 Å². The second-order valence-corrected chi connectivity index (χ2v) is 5.17. The molecule has 0 aromatic heterocycles. The SMILES string of the molecule is CCCCC1NC(CC)N(CC(C)C)C1=O. The maximum absolute atomic E-state index is 12.2. The second-order valence-electron chi connectivity index (χ2n) is 5.17. The van der Waals surface area contributed by atoms with Crippen LogP contribution in [0.15, 0.2) is 0 Å². The van der Waals surface area contributed by atoms with Crippen molar-refractivity contribution in [1.82, 2.24) is 10.2 Å². The van der Waals surface area contributed by atoms with Crippen molar-refractivity contribution < 1.29 is 4.79 Å². The van der Waals surface area contributed by atoms with Gasteiger partial charge in [0, 0.05) is 6.54 Å². The third-order valence-corrected chi connectivity index (χ3v) is 3.15. The average molecular weight is 226 g/mol. The van der Waals surface area contributed by atoms with E-state index in [1.165, 1.54) is 0 Å². The van der Waals surface area contributed by atoms with Gasteiger partial charge in [0.25, 0.3) is 0 Å². The van der Waals surface area contributed by atoms with Gasteiger partial charge in [0.05, 0.1) is 12.2 Å². The van der Waals surface area contributed by atoms with Crippen LogP contribution in [-0.2, 0) is 4.79 Å². The van der Waals surface area contributed by atoms with Gasteiger partial charge in [-0.1, -0.05) is 40.5 Å². The molecule has 1 aliphatic heterocycles. The number of rotatable bonds is 6. The Morgan fingerprint density at radius 1 is 1.38 bits per heavy atom. The molecule has 0 aromatic rings. The molecule has 94 valence electrons. The molecule has 1 heterocycles. The number of unbranched alkanes of at least 4 members (excludes halogenated alkanes) is 1. The summed E-state index contributed by atoms with van der Waals surface area (Å²) >= 11 is 0. The molecule has 1 rings (SSSR count). The molecule has 0 aliphatic carbocycles. The summed E-state index contributed by atoms with van der Waals surface area (Å²) in [4.78, 5) is 14.2. The number of carbonyl (C=O) groups is 1. The Labute approximate surface area is 99.6 Å². The Hall–Kier alpha value is -0.570. The number of nitrogens with one attached hydrogen (secondary N) is 1. The van der Waals surface area contributed by atoms with Gasteiger partial charge >= 0.3 is 0 Å². The van der Waals surface area contributed by atoms with Crippen molar-refractivity contribution in [2.75, 3.05) is 6.54 Å². The molecule has 0 spiro atoms. The van der Waals surface area contributed by atoms with Crippen LogP contribution in [0.3, 0.4) is 0 Å². The fraction of sp³-hybridized carbons (Fsp3) is 0.923. The molecule has 16 heavy (non-hydrogen) atoms. The fourth-order valence-electron chi connectivity index (χ4n) is 2.31. The zero-order valence-electron chi connectivity index (χ0n) is 11.1. The van der Waals surface area contributed by atoms with Crippen LogP contribution in [0.4, 0.5) is 0 Å². The summed E-state index contributed by atoms with van der Waals surface area (Å²) in [5, 5.41) is 3.46. The zero-order valence-corrected chi connectivity index (χ0v) is 11.1. The van der Waals surface area contributed by atoms with Gasteiger partial charge in [-0.25, -0.2) is 0 Å². The molecular formula is C13H26N2O. The molecule has 1 amide bonds. The van der Waals surface area contributed by atoms with Crippen LogP contribution in [0.25, 0.3) is 0 Å². The van der Waals surface area contributed by atoms with Crippen molar-refractivity contribution in [3.8, 4) is 0 Å². The lowest BCUT2D eigenvalue weighted by Crippen LogP contribution is -2.39. The zero-order chi connectivity index (χ0) is 12.1. The van der Waals surface area contributed by atoms with E-state index in [4.69, 9.17) is 0 Å². The minimum atomic E-state index is 0.0728. The Morgan fingerprint density at radius 2 is 2.06 bits per heavy atom. The van der Waals surface area contributed by atoms with Gasteiger partial charge in [-0.15, -0.1) is 0 Å². The Kier molecular flexibility index (Phi) is 5.26. The molecule has 1 N–H and O–H groups in total. The topological polar surface area (TPSA) is 32.3 Å². The normalized spacial score (nSPS) is 25.8. The van der Waals surface area contributed by atoms with Crippen molar-refractivity contribution in [3.63, 3.8) is 0 Å². The quantitative estimate of drug-likeness (QED) is 0.754.